The third-order valence-electron chi connectivity index (χ3n) is 6.03. The Labute approximate surface area is 217 Å². The zero-order chi connectivity index (χ0) is 26.1. The molecule has 1 aliphatic heterocycles. The summed E-state index contributed by atoms with van der Waals surface area (Å²) in [5.74, 6) is -0.426. The van der Waals surface area contributed by atoms with E-state index in [1.165, 1.54) is 11.0 Å². The van der Waals surface area contributed by atoms with Crippen LogP contribution in [0.2, 0.25) is 5.02 Å². The van der Waals surface area contributed by atoms with Gasteiger partial charge in [-0.2, -0.15) is 0 Å². The number of fused-ring (bicyclic) bond motifs is 2. The van der Waals surface area contributed by atoms with Crippen molar-refractivity contribution in [3.05, 3.63) is 117 Å². The molecule has 0 saturated heterocycles. The van der Waals surface area contributed by atoms with Gasteiger partial charge in [0.1, 0.15) is 17.9 Å². The van der Waals surface area contributed by atoms with Crippen LogP contribution in [0, 0.1) is 0 Å². The molecule has 1 aromatic heterocycles. The van der Waals surface area contributed by atoms with Crippen molar-refractivity contribution in [2.24, 2.45) is 0 Å². The van der Waals surface area contributed by atoms with Gasteiger partial charge in [-0.1, -0.05) is 36.4 Å². The van der Waals surface area contributed by atoms with Crippen LogP contribution in [-0.2, 0) is 4.74 Å². The van der Waals surface area contributed by atoms with Crippen molar-refractivity contribution in [1.82, 2.24) is 0 Å². The standard InChI is InChI=1S/C29H22ClNO6/c1-3-14-36-21-7-5-6-18(15-21)25-24-26(32)22-16-19(30)10-13-23(22)37-27(24)28(33)31(25)20-11-8-17(9-12-20)29(34)35-4-2/h3,5-13,15-16,25H,1,4,14H2,2H3. The van der Waals surface area contributed by atoms with Crippen molar-refractivity contribution in [2.75, 3.05) is 18.1 Å². The fraction of sp³-hybridized carbons (Fsp3) is 0.138. The number of carbonyl (C=O) groups excluding carboxylic acids is 2. The molecule has 0 N–H and O–H groups in total. The molecule has 1 aliphatic rings. The predicted octanol–water partition coefficient (Wildman–Crippen LogP) is 5.94. The van der Waals surface area contributed by atoms with Gasteiger partial charge in [0, 0.05) is 10.7 Å². The van der Waals surface area contributed by atoms with Crippen LogP contribution in [0.15, 0.2) is 88.6 Å². The van der Waals surface area contributed by atoms with Gasteiger partial charge in [-0.25, -0.2) is 4.79 Å². The van der Waals surface area contributed by atoms with E-state index in [1.54, 1.807) is 67.6 Å². The van der Waals surface area contributed by atoms with Gasteiger partial charge in [0.25, 0.3) is 5.91 Å². The zero-order valence-electron chi connectivity index (χ0n) is 19.9. The number of ether oxygens (including phenoxy) is 2. The summed E-state index contributed by atoms with van der Waals surface area (Å²) in [7, 11) is 0. The Morgan fingerprint density at radius 1 is 1.11 bits per heavy atom. The lowest BCUT2D eigenvalue weighted by Gasteiger charge is -2.25. The molecule has 8 heteroatoms. The van der Waals surface area contributed by atoms with Crippen LogP contribution < -0.4 is 15.1 Å². The van der Waals surface area contributed by atoms with Crippen LogP contribution in [0.25, 0.3) is 11.0 Å². The van der Waals surface area contributed by atoms with E-state index in [9.17, 15) is 14.4 Å². The van der Waals surface area contributed by atoms with Crippen molar-refractivity contribution < 1.29 is 23.5 Å². The average molecular weight is 516 g/mol. The minimum Gasteiger partial charge on any atom is -0.490 e. The minimum absolute atomic E-state index is 0.0447. The van der Waals surface area contributed by atoms with E-state index in [0.29, 0.717) is 34.2 Å². The summed E-state index contributed by atoms with van der Waals surface area (Å²) >= 11 is 6.16. The van der Waals surface area contributed by atoms with Crippen molar-refractivity contribution in [3.63, 3.8) is 0 Å². The summed E-state index contributed by atoms with van der Waals surface area (Å²) in [6.07, 6.45) is 1.63. The topological polar surface area (TPSA) is 86.0 Å². The molecule has 1 unspecified atom stereocenters. The van der Waals surface area contributed by atoms with E-state index in [0.717, 1.165) is 0 Å². The number of rotatable bonds is 7. The molecule has 3 aromatic carbocycles. The lowest BCUT2D eigenvalue weighted by molar-refractivity contribution is 0.0526. The van der Waals surface area contributed by atoms with Gasteiger partial charge in [0.2, 0.25) is 5.76 Å². The highest BCUT2D eigenvalue weighted by Crippen LogP contribution is 2.42. The summed E-state index contributed by atoms with van der Waals surface area (Å²) in [5, 5.41) is 0.662. The first kappa shape index (κ1) is 24.3. The molecule has 186 valence electrons. The number of hydrogen-bond acceptors (Lipinski definition) is 6. The highest BCUT2D eigenvalue weighted by Gasteiger charge is 2.43. The molecular formula is C29H22ClNO6. The monoisotopic (exact) mass is 515 g/mol. The summed E-state index contributed by atoms with van der Waals surface area (Å²) in [5.41, 5.74) is 1.60. The Hall–Kier alpha value is -4.36. The Bertz CT molecular complexity index is 1590. The van der Waals surface area contributed by atoms with E-state index >= 15 is 0 Å². The van der Waals surface area contributed by atoms with Crippen LogP contribution in [0.4, 0.5) is 5.69 Å². The third-order valence-corrected chi connectivity index (χ3v) is 6.27. The first-order valence-corrected chi connectivity index (χ1v) is 12.0. The smallest absolute Gasteiger partial charge is 0.338 e. The van der Waals surface area contributed by atoms with Gasteiger partial charge < -0.3 is 13.9 Å². The van der Waals surface area contributed by atoms with Gasteiger partial charge >= 0.3 is 5.97 Å². The molecule has 1 atom stereocenters. The molecular weight excluding hydrogens is 494 g/mol. The molecule has 0 fully saturated rings. The second-order valence-corrected chi connectivity index (χ2v) is 8.77. The fourth-order valence-corrected chi connectivity index (χ4v) is 4.60. The van der Waals surface area contributed by atoms with Crippen LogP contribution in [0.1, 0.15) is 45.0 Å². The van der Waals surface area contributed by atoms with E-state index in [4.69, 9.17) is 25.5 Å². The lowest BCUT2D eigenvalue weighted by Crippen LogP contribution is -2.29. The van der Waals surface area contributed by atoms with Gasteiger partial charge in [0.05, 0.1) is 29.2 Å². The molecule has 4 aromatic rings. The van der Waals surface area contributed by atoms with E-state index in [-0.39, 0.29) is 34.3 Å². The maximum atomic E-state index is 13.8. The van der Waals surface area contributed by atoms with E-state index < -0.39 is 17.9 Å². The first-order valence-electron chi connectivity index (χ1n) is 11.6. The van der Waals surface area contributed by atoms with Crippen molar-refractivity contribution in [3.8, 4) is 5.75 Å². The molecule has 7 nitrogen and oxygen atoms in total. The molecule has 0 aliphatic carbocycles. The van der Waals surface area contributed by atoms with Crippen molar-refractivity contribution in [2.45, 2.75) is 13.0 Å². The van der Waals surface area contributed by atoms with Crippen LogP contribution >= 0.6 is 11.6 Å². The van der Waals surface area contributed by atoms with Gasteiger partial charge in [-0.05, 0) is 67.1 Å². The molecule has 1 amide bonds. The number of anilines is 1. The number of halogens is 1. The molecule has 37 heavy (non-hydrogen) atoms. The number of esters is 1. The maximum Gasteiger partial charge on any atom is 0.338 e. The van der Waals surface area contributed by atoms with Gasteiger partial charge in [0.15, 0.2) is 5.43 Å². The molecule has 0 spiro atoms. The Balaban J connectivity index is 1.69. The number of benzene rings is 3. The quantitative estimate of drug-likeness (QED) is 0.224. The molecule has 5 rings (SSSR count). The molecule has 0 bridgehead atoms. The normalized spacial score (nSPS) is 14.5. The highest BCUT2D eigenvalue weighted by molar-refractivity contribution is 6.31. The summed E-state index contributed by atoms with van der Waals surface area (Å²) < 4.78 is 16.7. The third kappa shape index (κ3) is 4.38. The molecule has 2 heterocycles. The van der Waals surface area contributed by atoms with Crippen LogP contribution in [-0.4, -0.2) is 25.1 Å². The lowest BCUT2D eigenvalue weighted by atomic mass is 9.98. The van der Waals surface area contributed by atoms with Crippen LogP contribution in [0.3, 0.4) is 0 Å². The predicted molar refractivity (Wildman–Crippen MR) is 141 cm³/mol. The van der Waals surface area contributed by atoms with Gasteiger partial charge in [-0.15, -0.1) is 0 Å². The van der Waals surface area contributed by atoms with Crippen LogP contribution in [0.5, 0.6) is 5.75 Å². The van der Waals surface area contributed by atoms with Crippen molar-refractivity contribution in [1.29, 1.82) is 0 Å². The molecule has 0 saturated carbocycles. The summed E-state index contributed by atoms with van der Waals surface area (Å²) in [6, 6.07) is 17.5. The van der Waals surface area contributed by atoms with Crippen molar-refractivity contribution >= 4 is 40.1 Å². The minimum atomic E-state index is -0.803. The molecule has 0 radical (unpaired) electrons. The Morgan fingerprint density at radius 3 is 2.62 bits per heavy atom. The number of nitrogens with zero attached hydrogens (tertiary/aromatic N) is 1. The second kappa shape index (κ2) is 9.95. The SMILES string of the molecule is C=CCOc1cccc(C2c3c(oc4ccc(Cl)cc4c3=O)C(=O)N2c2ccc(C(=O)OCC)cc2)c1. The second-order valence-electron chi connectivity index (χ2n) is 8.33. The fourth-order valence-electron chi connectivity index (χ4n) is 4.43. The summed E-state index contributed by atoms with van der Waals surface area (Å²) in [4.78, 5) is 41.1. The Kier molecular flexibility index (Phi) is 6.54. The first-order chi connectivity index (χ1) is 17.9. The average Bonchev–Trinajstić information content (AvgIpc) is 3.20. The van der Waals surface area contributed by atoms with E-state index in [1.807, 2.05) is 6.07 Å². The van der Waals surface area contributed by atoms with E-state index in [2.05, 4.69) is 6.58 Å². The number of amides is 1. The number of hydrogen-bond donors (Lipinski definition) is 0. The largest absolute Gasteiger partial charge is 0.490 e. The Morgan fingerprint density at radius 2 is 1.89 bits per heavy atom. The highest BCUT2D eigenvalue weighted by atomic mass is 35.5. The maximum absolute atomic E-state index is 13.8. The van der Waals surface area contributed by atoms with Gasteiger partial charge in [-0.3, -0.25) is 14.5 Å². The summed E-state index contributed by atoms with van der Waals surface area (Å²) in [6.45, 7) is 5.95. The zero-order valence-corrected chi connectivity index (χ0v) is 20.7. The number of carbonyl (C=O) groups is 2.